The van der Waals surface area contributed by atoms with E-state index in [0.717, 1.165) is 5.02 Å². The van der Waals surface area contributed by atoms with E-state index in [2.05, 4.69) is 19.9 Å². The second kappa shape index (κ2) is 3.32. The Morgan fingerprint density at radius 2 is 2.15 bits per heavy atom. The largest absolute Gasteiger partial charge is 0.373 e. The summed E-state index contributed by atoms with van der Waals surface area (Å²) < 4.78 is 5.61. The van der Waals surface area contributed by atoms with Crippen LogP contribution in [-0.2, 0) is 11.3 Å². The summed E-state index contributed by atoms with van der Waals surface area (Å²) >= 11 is 6.15. The van der Waals surface area contributed by atoms with E-state index in [1.165, 1.54) is 11.1 Å². The van der Waals surface area contributed by atoms with Gasteiger partial charge in [-0.15, -0.1) is 0 Å². The monoisotopic (exact) mass is 196 g/mol. The Bertz CT molecular complexity index is 322. The molecule has 0 saturated heterocycles. The third kappa shape index (κ3) is 1.47. The minimum Gasteiger partial charge on any atom is -0.373 e. The molecule has 1 aliphatic heterocycles. The lowest BCUT2D eigenvalue weighted by Crippen LogP contribution is -2.23. The standard InChI is InChI=1S/C11H13ClO/c1-7-8(2)13-6-9-4-3-5-10(12)11(7)9/h3-5,7-8H,6H2,1-2H3/t7?,8-/m1/s1. The molecule has 1 heterocycles. The van der Waals surface area contributed by atoms with Crippen molar-refractivity contribution < 1.29 is 4.74 Å². The van der Waals surface area contributed by atoms with Crippen LogP contribution in [0.15, 0.2) is 18.2 Å². The minimum absolute atomic E-state index is 0.271. The van der Waals surface area contributed by atoms with Crippen LogP contribution in [-0.4, -0.2) is 6.10 Å². The molecule has 0 amide bonds. The number of benzene rings is 1. The molecule has 70 valence electrons. The first-order valence-corrected chi connectivity index (χ1v) is 4.97. The fourth-order valence-corrected chi connectivity index (χ4v) is 2.18. The van der Waals surface area contributed by atoms with E-state index in [-0.39, 0.29) is 6.10 Å². The molecule has 0 spiro atoms. The lowest BCUT2D eigenvalue weighted by atomic mass is 9.90. The van der Waals surface area contributed by atoms with Gasteiger partial charge in [0, 0.05) is 10.9 Å². The topological polar surface area (TPSA) is 9.23 Å². The van der Waals surface area contributed by atoms with Crippen LogP contribution in [0.1, 0.15) is 30.9 Å². The van der Waals surface area contributed by atoms with Gasteiger partial charge in [0.25, 0.3) is 0 Å². The molecule has 2 heteroatoms. The van der Waals surface area contributed by atoms with E-state index in [9.17, 15) is 0 Å². The van der Waals surface area contributed by atoms with E-state index >= 15 is 0 Å². The van der Waals surface area contributed by atoms with Crippen molar-refractivity contribution in [2.24, 2.45) is 0 Å². The predicted octanol–water partition coefficient (Wildman–Crippen LogP) is 3.36. The minimum atomic E-state index is 0.271. The molecule has 1 nitrogen and oxygen atoms in total. The van der Waals surface area contributed by atoms with E-state index in [1.54, 1.807) is 0 Å². The molecule has 0 saturated carbocycles. The Balaban J connectivity index is 2.51. The molecule has 0 aliphatic carbocycles. The van der Waals surface area contributed by atoms with Crippen LogP contribution in [0.2, 0.25) is 5.02 Å². The molecule has 13 heavy (non-hydrogen) atoms. The van der Waals surface area contributed by atoms with Gasteiger partial charge in [-0.2, -0.15) is 0 Å². The summed E-state index contributed by atoms with van der Waals surface area (Å²) in [7, 11) is 0. The van der Waals surface area contributed by atoms with Crippen molar-refractivity contribution in [2.45, 2.75) is 32.5 Å². The molecule has 2 atom stereocenters. The molecule has 0 bridgehead atoms. The molecule has 1 unspecified atom stereocenters. The lowest BCUT2D eigenvalue weighted by Gasteiger charge is -2.29. The summed E-state index contributed by atoms with van der Waals surface area (Å²) in [4.78, 5) is 0. The Morgan fingerprint density at radius 3 is 2.92 bits per heavy atom. The highest BCUT2D eigenvalue weighted by atomic mass is 35.5. The maximum Gasteiger partial charge on any atom is 0.0724 e. The number of ether oxygens (including phenoxy) is 1. The van der Waals surface area contributed by atoms with Gasteiger partial charge in [-0.05, 0) is 24.1 Å². The number of hydrogen-bond acceptors (Lipinski definition) is 1. The molecular weight excluding hydrogens is 184 g/mol. The summed E-state index contributed by atoms with van der Waals surface area (Å²) in [5.74, 6) is 0.400. The molecule has 2 rings (SSSR count). The van der Waals surface area contributed by atoms with Crippen molar-refractivity contribution in [2.75, 3.05) is 0 Å². The highest BCUT2D eigenvalue weighted by Crippen LogP contribution is 2.35. The predicted molar refractivity (Wildman–Crippen MR) is 54.1 cm³/mol. The van der Waals surface area contributed by atoms with Gasteiger partial charge >= 0.3 is 0 Å². The van der Waals surface area contributed by atoms with E-state index in [1.807, 2.05) is 12.1 Å². The van der Waals surface area contributed by atoms with Crippen LogP contribution >= 0.6 is 11.6 Å². The number of halogens is 1. The van der Waals surface area contributed by atoms with Crippen LogP contribution in [0.4, 0.5) is 0 Å². The summed E-state index contributed by atoms with van der Waals surface area (Å²) in [6.07, 6.45) is 0.271. The number of rotatable bonds is 0. The van der Waals surface area contributed by atoms with Crippen LogP contribution in [0.5, 0.6) is 0 Å². The Morgan fingerprint density at radius 1 is 1.38 bits per heavy atom. The van der Waals surface area contributed by atoms with Crippen LogP contribution in [0.25, 0.3) is 0 Å². The van der Waals surface area contributed by atoms with Crippen molar-refractivity contribution >= 4 is 11.6 Å². The van der Waals surface area contributed by atoms with Crippen molar-refractivity contribution in [1.82, 2.24) is 0 Å². The van der Waals surface area contributed by atoms with Crippen molar-refractivity contribution in [3.63, 3.8) is 0 Å². The average Bonchev–Trinajstić information content (AvgIpc) is 2.12. The van der Waals surface area contributed by atoms with Crippen LogP contribution < -0.4 is 0 Å². The second-order valence-corrected chi connectivity index (χ2v) is 4.02. The van der Waals surface area contributed by atoms with Gasteiger partial charge in [-0.25, -0.2) is 0 Å². The van der Waals surface area contributed by atoms with E-state index in [4.69, 9.17) is 16.3 Å². The molecule has 0 aromatic heterocycles. The van der Waals surface area contributed by atoms with Gasteiger partial charge in [0.15, 0.2) is 0 Å². The molecule has 1 aromatic rings. The number of fused-ring (bicyclic) bond motifs is 1. The third-order valence-electron chi connectivity index (χ3n) is 2.80. The van der Waals surface area contributed by atoms with Gasteiger partial charge < -0.3 is 4.74 Å². The van der Waals surface area contributed by atoms with E-state index < -0.39 is 0 Å². The zero-order valence-electron chi connectivity index (χ0n) is 7.88. The summed E-state index contributed by atoms with van der Waals surface area (Å²) in [6, 6.07) is 6.02. The van der Waals surface area contributed by atoms with Gasteiger partial charge in [0.2, 0.25) is 0 Å². The zero-order chi connectivity index (χ0) is 9.42. The molecule has 1 aromatic carbocycles. The Hall–Kier alpha value is -0.530. The lowest BCUT2D eigenvalue weighted by molar-refractivity contribution is 0.0242. The number of hydrogen-bond donors (Lipinski definition) is 0. The van der Waals surface area contributed by atoms with Gasteiger partial charge in [-0.1, -0.05) is 30.7 Å². The van der Waals surface area contributed by atoms with Gasteiger partial charge in [-0.3, -0.25) is 0 Å². The molecule has 0 fully saturated rings. The maximum atomic E-state index is 6.15. The summed E-state index contributed by atoms with van der Waals surface area (Å²) in [6.45, 7) is 4.95. The van der Waals surface area contributed by atoms with Crippen molar-refractivity contribution in [3.05, 3.63) is 34.3 Å². The van der Waals surface area contributed by atoms with Crippen molar-refractivity contribution in [1.29, 1.82) is 0 Å². The van der Waals surface area contributed by atoms with Crippen LogP contribution in [0.3, 0.4) is 0 Å². The molecule has 0 N–H and O–H groups in total. The van der Waals surface area contributed by atoms with Crippen molar-refractivity contribution in [3.8, 4) is 0 Å². The SMILES string of the molecule is CC1c2c(Cl)cccc2CO[C@@H]1C. The van der Waals surface area contributed by atoms with Gasteiger partial charge in [0.05, 0.1) is 12.7 Å². The smallest absolute Gasteiger partial charge is 0.0724 e. The quantitative estimate of drug-likeness (QED) is 0.618. The third-order valence-corrected chi connectivity index (χ3v) is 3.13. The second-order valence-electron chi connectivity index (χ2n) is 3.62. The van der Waals surface area contributed by atoms with Crippen LogP contribution in [0, 0.1) is 0 Å². The Kier molecular flexibility index (Phi) is 2.31. The first kappa shape index (κ1) is 9.04. The first-order valence-electron chi connectivity index (χ1n) is 4.59. The molecule has 1 aliphatic rings. The average molecular weight is 197 g/mol. The summed E-state index contributed by atoms with van der Waals surface area (Å²) in [5.41, 5.74) is 2.50. The Labute approximate surface area is 83.7 Å². The molecular formula is C11H13ClO. The zero-order valence-corrected chi connectivity index (χ0v) is 8.64. The fraction of sp³-hybridized carbons (Fsp3) is 0.455. The summed E-state index contributed by atoms with van der Waals surface area (Å²) in [5, 5.41) is 0.875. The highest BCUT2D eigenvalue weighted by molar-refractivity contribution is 6.31. The highest BCUT2D eigenvalue weighted by Gasteiger charge is 2.25. The normalized spacial score (nSPS) is 27.0. The first-order chi connectivity index (χ1) is 6.20. The maximum absolute atomic E-state index is 6.15. The molecule has 0 radical (unpaired) electrons. The van der Waals surface area contributed by atoms with E-state index in [0.29, 0.717) is 12.5 Å². The fourth-order valence-electron chi connectivity index (χ4n) is 1.82. The van der Waals surface area contributed by atoms with Gasteiger partial charge in [0.1, 0.15) is 0 Å².